The highest BCUT2D eigenvalue weighted by atomic mass is 35.5. The molecular formula is C12H16ClN3O3S. The zero-order valence-corrected chi connectivity index (χ0v) is 12.6. The maximum Gasteiger partial charge on any atom is 0.351 e. The van der Waals surface area contributed by atoms with Crippen molar-refractivity contribution in [2.75, 3.05) is 12.4 Å². The van der Waals surface area contributed by atoms with Gasteiger partial charge in [0, 0.05) is 12.0 Å². The van der Waals surface area contributed by atoms with Gasteiger partial charge in [-0.3, -0.25) is 4.79 Å². The normalized spacial score (nSPS) is 22.3. The van der Waals surface area contributed by atoms with Crippen LogP contribution in [0.2, 0.25) is 5.15 Å². The average Bonchev–Trinajstić information content (AvgIpc) is 2.79. The summed E-state index contributed by atoms with van der Waals surface area (Å²) in [5.41, 5.74) is 5.30. The number of thiazole rings is 1. The lowest BCUT2D eigenvalue weighted by Crippen LogP contribution is -2.32. The fourth-order valence-corrected chi connectivity index (χ4v) is 3.46. The van der Waals surface area contributed by atoms with Crippen LogP contribution < -0.4 is 11.1 Å². The number of hydrogen-bond acceptors (Lipinski definition) is 6. The van der Waals surface area contributed by atoms with Gasteiger partial charge in [-0.1, -0.05) is 22.9 Å². The second kappa shape index (κ2) is 6.41. The van der Waals surface area contributed by atoms with Crippen molar-refractivity contribution in [3.8, 4) is 0 Å². The summed E-state index contributed by atoms with van der Waals surface area (Å²) in [6.45, 7) is 0. The molecule has 1 aliphatic carbocycles. The summed E-state index contributed by atoms with van der Waals surface area (Å²) in [5, 5.41) is 3.99. The molecule has 1 aromatic rings. The quantitative estimate of drug-likeness (QED) is 0.829. The summed E-state index contributed by atoms with van der Waals surface area (Å²) in [7, 11) is 1.30. The minimum Gasteiger partial charge on any atom is -0.465 e. The number of carbonyl (C=O) groups excluding carboxylic acids is 2. The number of primary amides is 1. The van der Waals surface area contributed by atoms with Gasteiger partial charge < -0.3 is 15.8 Å². The summed E-state index contributed by atoms with van der Waals surface area (Å²) in [6.07, 6.45) is 3.24. The zero-order chi connectivity index (χ0) is 14.7. The van der Waals surface area contributed by atoms with Gasteiger partial charge in [-0.05, 0) is 25.7 Å². The molecule has 1 aromatic heterocycles. The van der Waals surface area contributed by atoms with Gasteiger partial charge in [0.25, 0.3) is 0 Å². The first-order valence-corrected chi connectivity index (χ1v) is 7.51. The van der Waals surface area contributed by atoms with E-state index in [1.54, 1.807) is 0 Å². The highest BCUT2D eigenvalue weighted by molar-refractivity contribution is 7.18. The van der Waals surface area contributed by atoms with Gasteiger partial charge in [-0.2, -0.15) is 0 Å². The first-order chi connectivity index (χ1) is 9.51. The minimum absolute atomic E-state index is 0.0291. The number of methoxy groups -OCH3 is 1. The molecule has 0 bridgehead atoms. The van der Waals surface area contributed by atoms with Crippen LogP contribution in [-0.2, 0) is 9.53 Å². The van der Waals surface area contributed by atoms with Gasteiger partial charge in [-0.15, -0.1) is 0 Å². The monoisotopic (exact) mass is 317 g/mol. The lowest BCUT2D eigenvalue weighted by atomic mass is 9.86. The summed E-state index contributed by atoms with van der Waals surface area (Å²) < 4.78 is 4.63. The van der Waals surface area contributed by atoms with Gasteiger partial charge in [0.1, 0.15) is 0 Å². The second-order valence-electron chi connectivity index (χ2n) is 4.73. The molecule has 0 atom stereocenters. The highest BCUT2D eigenvalue weighted by Gasteiger charge is 2.26. The number of amides is 1. The van der Waals surface area contributed by atoms with E-state index in [2.05, 4.69) is 15.0 Å². The van der Waals surface area contributed by atoms with Crippen LogP contribution in [0.4, 0.5) is 5.13 Å². The van der Waals surface area contributed by atoms with Gasteiger partial charge in [-0.25, -0.2) is 9.78 Å². The summed E-state index contributed by atoms with van der Waals surface area (Å²) in [6, 6.07) is 0.221. The van der Waals surface area contributed by atoms with Gasteiger partial charge in [0.15, 0.2) is 15.2 Å². The molecular weight excluding hydrogens is 302 g/mol. The number of hydrogen-bond donors (Lipinski definition) is 2. The Bertz CT molecular complexity index is 512. The van der Waals surface area contributed by atoms with E-state index in [1.165, 1.54) is 18.4 Å². The molecule has 1 heterocycles. The molecule has 3 N–H and O–H groups in total. The number of ether oxygens (including phenoxy) is 1. The Balaban J connectivity index is 1.95. The standard InChI is InChI=1S/C12H16ClN3O3S/c1-19-11(18)8-9(13)16-12(20-8)15-7-4-2-6(3-5-7)10(14)17/h6-7H,2-5H2,1H3,(H2,14,17)(H,15,16). The molecule has 0 radical (unpaired) electrons. The van der Waals surface area contributed by atoms with Gasteiger partial charge in [0.2, 0.25) is 5.91 Å². The fourth-order valence-electron chi connectivity index (χ4n) is 2.28. The van der Waals surface area contributed by atoms with E-state index in [1.807, 2.05) is 0 Å². The third-order valence-electron chi connectivity index (χ3n) is 3.41. The molecule has 0 saturated heterocycles. The lowest BCUT2D eigenvalue weighted by molar-refractivity contribution is -0.122. The number of nitrogens with zero attached hydrogens (tertiary/aromatic N) is 1. The molecule has 0 aromatic carbocycles. The Hall–Kier alpha value is -1.34. The predicted octanol–water partition coefficient (Wildman–Crippen LogP) is 2.04. The first kappa shape index (κ1) is 15.1. The number of esters is 1. The Labute approximate surface area is 125 Å². The van der Waals surface area contributed by atoms with Crippen LogP contribution in [0.1, 0.15) is 35.4 Å². The Morgan fingerprint density at radius 3 is 2.60 bits per heavy atom. The predicted molar refractivity (Wildman–Crippen MR) is 77.0 cm³/mol. The van der Waals surface area contributed by atoms with Crippen molar-refractivity contribution >= 4 is 39.9 Å². The largest absolute Gasteiger partial charge is 0.465 e. The van der Waals surface area contributed by atoms with E-state index in [4.69, 9.17) is 17.3 Å². The molecule has 0 aliphatic heterocycles. The van der Waals surface area contributed by atoms with Crippen molar-refractivity contribution < 1.29 is 14.3 Å². The van der Waals surface area contributed by atoms with E-state index < -0.39 is 5.97 Å². The van der Waals surface area contributed by atoms with Gasteiger partial charge in [0.05, 0.1) is 7.11 Å². The summed E-state index contributed by atoms with van der Waals surface area (Å²) in [5.74, 6) is -0.745. The first-order valence-electron chi connectivity index (χ1n) is 6.31. The molecule has 1 aliphatic rings. The van der Waals surface area contributed by atoms with Crippen molar-refractivity contribution in [1.29, 1.82) is 0 Å². The molecule has 1 saturated carbocycles. The van der Waals surface area contributed by atoms with E-state index in [0.29, 0.717) is 10.0 Å². The number of anilines is 1. The van der Waals surface area contributed by atoms with E-state index in [-0.39, 0.29) is 23.0 Å². The molecule has 6 nitrogen and oxygen atoms in total. The zero-order valence-electron chi connectivity index (χ0n) is 11.0. The Morgan fingerprint density at radius 1 is 1.40 bits per heavy atom. The van der Waals surface area contributed by atoms with Crippen LogP contribution in [0.25, 0.3) is 0 Å². The summed E-state index contributed by atoms with van der Waals surface area (Å²) in [4.78, 5) is 26.9. The van der Waals surface area contributed by atoms with Crippen LogP contribution in [-0.4, -0.2) is 30.0 Å². The Kier molecular flexibility index (Phi) is 4.82. The summed E-state index contributed by atoms with van der Waals surface area (Å²) >= 11 is 7.07. The van der Waals surface area contributed by atoms with Crippen LogP contribution in [0.15, 0.2) is 0 Å². The average molecular weight is 318 g/mol. The third-order valence-corrected chi connectivity index (χ3v) is 4.77. The van der Waals surface area contributed by atoms with Crippen molar-refractivity contribution in [2.24, 2.45) is 11.7 Å². The molecule has 0 unspecified atom stereocenters. The van der Waals surface area contributed by atoms with Crippen molar-refractivity contribution in [1.82, 2.24) is 4.98 Å². The molecule has 8 heteroatoms. The molecule has 1 fully saturated rings. The third kappa shape index (κ3) is 3.40. The molecule has 20 heavy (non-hydrogen) atoms. The molecule has 1 amide bonds. The molecule has 110 valence electrons. The lowest BCUT2D eigenvalue weighted by Gasteiger charge is -2.27. The topological polar surface area (TPSA) is 94.3 Å². The number of rotatable bonds is 4. The number of aromatic nitrogens is 1. The Morgan fingerprint density at radius 2 is 2.05 bits per heavy atom. The van der Waals surface area contributed by atoms with Gasteiger partial charge >= 0.3 is 5.97 Å². The SMILES string of the molecule is COC(=O)c1sc(NC2CCC(C(N)=O)CC2)nc1Cl. The van der Waals surface area contributed by atoms with Crippen molar-refractivity contribution in [3.63, 3.8) is 0 Å². The van der Waals surface area contributed by atoms with E-state index >= 15 is 0 Å². The molecule has 0 spiro atoms. The van der Waals surface area contributed by atoms with Crippen molar-refractivity contribution in [2.45, 2.75) is 31.7 Å². The van der Waals surface area contributed by atoms with Crippen LogP contribution in [0.5, 0.6) is 0 Å². The van der Waals surface area contributed by atoms with Crippen LogP contribution in [0, 0.1) is 5.92 Å². The maximum atomic E-state index is 11.4. The second-order valence-corrected chi connectivity index (χ2v) is 6.08. The molecule has 2 rings (SSSR count). The number of halogens is 1. The van der Waals surface area contributed by atoms with E-state index in [9.17, 15) is 9.59 Å². The van der Waals surface area contributed by atoms with E-state index in [0.717, 1.165) is 25.7 Å². The number of nitrogens with two attached hydrogens (primary N) is 1. The minimum atomic E-state index is -0.488. The maximum absolute atomic E-state index is 11.4. The number of nitrogens with one attached hydrogen (secondary N) is 1. The van der Waals surface area contributed by atoms with Crippen LogP contribution in [0.3, 0.4) is 0 Å². The van der Waals surface area contributed by atoms with Crippen molar-refractivity contribution in [3.05, 3.63) is 10.0 Å². The van der Waals surface area contributed by atoms with Crippen LogP contribution >= 0.6 is 22.9 Å². The fraction of sp³-hybridized carbons (Fsp3) is 0.583. The highest BCUT2D eigenvalue weighted by Crippen LogP contribution is 2.31. The number of carbonyl (C=O) groups is 2. The smallest absolute Gasteiger partial charge is 0.351 e.